The summed E-state index contributed by atoms with van der Waals surface area (Å²) in [6.45, 7) is 1.03. The van der Waals surface area contributed by atoms with E-state index in [9.17, 15) is 19.5 Å². The molecule has 0 aromatic heterocycles. The monoisotopic (exact) mass is 408 g/mol. The molecule has 1 aromatic rings. The summed E-state index contributed by atoms with van der Waals surface area (Å²) in [5, 5.41) is 18.5. The summed E-state index contributed by atoms with van der Waals surface area (Å²) >= 11 is 0. The van der Waals surface area contributed by atoms with Crippen LogP contribution < -0.4 is 9.47 Å². The summed E-state index contributed by atoms with van der Waals surface area (Å²) in [5.41, 5.74) is 0.870. The van der Waals surface area contributed by atoms with Gasteiger partial charge in [-0.2, -0.15) is 0 Å². The van der Waals surface area contributed by atoms with Gasteiger partial charge in [-0.25, -0.2) is 9.59 Å². The van der Waals surface area contributed by atoms with Gasteiger partial charge < -0.3 is 34.2 Å². The van der Waals surface area contributed by atoms with Crippen LogP contribution in [0.1, 0.15) is 24.3 Å². The fourth-order valence-electron chi connectivity index (χ4n) is 3.64. The quantitative estimate of drug-likeness (QED) is 0.683. The molecule has 0 saturated carbocycles. The molecule has 0 radical (unpaired) electrons. The number of amides is 2. The molecular formula is C19H24N2O8. The van der Waals surface area contributed by atoms with E-state index in [4.69, 9.17) is 19.3 Å². The Morgan fingerprint density at radius 2 is 2.00 bits per heavy atom. The van der Waals surface area contributed by atoms with Crippen LogP contribution in [0.4, 0.5) is 9.59 Å². The van der Waals surface area contributed by atoms with Crippen molar-refractivity contribution in [2.75, 3.05) is 40.0 Å². The molecule has 0 aliphatic carbocycles. The van der Waals surface area contributed by atoms with Crippen molar-refractivity contribution in [3.63, 3.8) is 0 Å². The SMILES string of the molecule is COC(=O)CC1COc2ccc(OCC[C@@H]3CN(C(=O)O)CCN3C(=O)O)cc21. The van der Waals surface area contributed by atoms with Gasteiger partial charge in [-0.3, -0.25) is 4.79 Å². The van der Waals surface area contributed by atoms with Crippen molar-refractivity contribution in [1.82, 2.24) is 9.80 Å². The average Bonchev–Trinajstić information content (AvgIpc) is 3.09. The Morgan fingerprint density at radius 1 is 1.21 bits per heavy atom. The highest BCUT2D eigenvalue weighted by molar-refractivity contribution is 5.71. The Morgan fingerprint density at radius 3 is 2.69 bits per heavy atom. The first-order chi connectivity index (χ1) is 13.9. The topological polar surface area (TPSA) is 126 Å². The van der Waals surface area contributed by atoms with Crippen molar-refractivity contribution < 1.29 is 38.8 Å². The third kappa shape index (κ3) is 4.82. The minimum Gasteiger partial charge on any atom is -0.494 e. The highest BCUT2D eigenvalue weighted by Crippen LogP contribution is 2.38. The highest BCUT2D eigenvalue weighted by atomic mass is 16.5. The van der Waals surface area contributed by atoms with Crippen LogP contribution in [0, 0.1) is 0 Å². The molecule has 1 unspecified atom stereocenters. The van der Waals surface area contributed by atoms with Crippen LogP contribution in [0.15, 0.2) is 18.2 Å². The molecule has 0 spiro atoms. The van der Waals surface area contributed by atoms with Gasteiger partial charge in [-0.15, -0.1) is 0 Å². The predicted molar refractivity (Wildman–Crippen MR) is 99.5 cm³/mol. The van der Waals surface area contributed by atoms with E-state index in [2.05, 4.69) is 0 Å². The number of carbonyl (C=O) groups excluding carboxylic acids is 1. The van der Waals surface area contributed by atoms with Gasteiger partial charge in [-0.05, 0) is 18.2 Å². The molecule has 0 bridgehead atoms. The van der Waals surface area contributed by atoms with Crippen molar-refractivity contribution in [3.05, 3.63) is 23.8 Å². The lowest BCUT2D eigenvalue weighted by atomic mass is 9.98. The lowest BCUT2D eigenvalue weighted by Crippen LogP contribution is -2.56. The van der Waals surface area contributed by atoms with Crippen LogP contribution in [-0.2, 0) is 9.53 Å². The summed E-state index contributed by atoms with van der Waals surface area (Å²) in [4.78, 5) is 36.6. The van der Waals surface area contributed by atoms with Crippen LogP contribution in [0.3, 0.4) is 0 Å². The summed E-state index contributed by atoms with van der Waals surface area (Å²) in [6.07, 6.45) is -1.56. The number of fused-ring (bicyclic) bond motifs is 1. The Balaban J connectivity index is 1.59. The molecule has 10 nitrogen and oxygen atoms in total. The standard InChI is InChI=1S/C19H24N2O8/c1-27-17(22)8-12-11-29-16-3-2-14(9-15(12)16)28-7-4-13-10-20(18(23)24)5-6-21(13)19(25)26/h2-3,9,12-13H,4-8,10-11H2,1H3,(H,23,24)(H,25,26)/t12?,13-/m1/s1. The van der Waals surface area contributed by atoms with E-state index >= 15 is 0 Å². The molecule has 3 rings (SSSR count). The number of hydrogen-bond donors (Lipinski definition) is 2. The van der Waals surface area contributed by atoms with Gasteiger partial charge >= 0.3 is 18.2 Å². The zero-order valence-electron chi connectivity index (χ0n) is 16.1. The van der Waals surface area contributed by atoms with Gasteiger partial charge in [0.2, 0.25) is 0 Å². The van der Waals surface area contributed by atoms with E-state index in [1.54, 1.807) is 12.1 Å². The van der Waals surface area contributed by atoms with Crippen molar-refractivity contribution in [2.45, 2.75) is 24.8 Å². The zero-order valence-corrected chi connectivity index (χ0v) is 16.1. The molecule has 1 fully saturated rings. The second-order valence-electron chi connectivity index (χ2n) is 6.98. The van der Waals surface area contributed by atoms with E-state index < -0.39 is 18.2 Å². The van der Waals surface area contributed by atoms with Crippen molar-refractivity contribution in [2.24, 2.45) is 0 Å². The first-order valence-corrected chi connectivity index (χ1v) is 9.32. The fourth-order valence-corrected chi connectivity index (χ4v) is 3.64. The number of benzene rings is 1. The minimum absolute atomic E-state index is 0.106. The Hall–Kier alpha value is -3.17. The Labute approximate surface area is 167 Å². The molecule has 2 aliphatic heterocycles. The maximum atomic E-state index is 11.6. The normalized spacial score (nSPS) is 20.6. The molecule has 1 aromatic carbocycles. The van der Waals surface area contributed by atoms with Crippen LogP contribution in [0.2, 0.25) is 0 Å². The lowest BCUT2D eigenvalue weighted by molar-refractivity contribution is -0.141. The van der Waals surface area contributed by atoms with Crippen molar-refractivity contribution in [1.29, 1.82) is 0 Å². The van der Waals surface area contributed by atoms with Gasteiger partial charge in [0.05, 0.1) is 32.8 Å². The highest BCUT2D eigenvalue weighted by Gasteiger charge is 2.32. The molecule has 29 heavy (non-hydrogen) atoms. The van der Waals surface area contributed by atoms with E-state index in [0.717, 1.165) is 5.56 Å². The molecule has 2 amide bonds. The Bertz CT molecular complexity index is 783. The van der Waals surface area contributed by atoms with Gasteiger partial charge in [-0.1, -0.05) is 0 Å². The van der Waals surface area contributed by atoms with Crippen LogP contribution in [-0.4, -0.2) is 84.2 Å². The smallest absolute Gasteiger partial charge is 0.407 e. The summed E-state index contributed by atoms with van der Waals surface area (Å²) in [6, 6.07) is 4.87. The number of esters is 1. The lowest BCUT2D eigenvalue weighted by Gasteiger charge is -2.38. The van der Waals surface area contributed by atoms with E-state index in [1.165, 1.54) is 16.9 Å². The fraction of sp³-hybridized carbons (Fsp3) is 0.526. The molecule has 2 atom stereocenters. The third-order valence-electron chi connectivity index (χ3n) is 5.22. The maximum absolute atomic E-state index is 11.6. The summed E-state index contributed by atoms with van der Waals surface area (Å²) < 4.78 is 16.1. The average molecular weight is 408 g/mol. The van der Waals surface area contributed by atoms with Gasteiger partial charge in [0, 0.05) is 37.5 Å². The number of carbonyl (C=O) groups is 3. The summed E-state index contributed by atoms with van der Waals surface area (Å²) in [7, 11) is 1.34. The molecule has 2 N–H and O–H groups in total. The Kier molecular flexibility index (Phi) is 6.30. The minimum atomic E-state index is -1.07. The number of hydrogen-bond acceptors (Lipinski definition) is 6. The molecule has 158 valence electrons. The number of carboxylic acid groups (broad SMARTS) is 2. The van der Waals surface area contributed by atoms with Crippen molar-refractivity contribution in [3.8, 4) is 11.5 Å². The molecular weight excluding hydrogens is 384 g/mol. The van der Waals surface area contributed by atoms with Crippen LogP contribution >= 0.6 is 0 Å². The zero-order chi connectivity index (χ0) is 21.0. The van der Waals surface area contributed by atoms with E-state index in [-0.39, 0.29) is 44.5 Å². The number of rotatable bonds is 6. The maximum Gasteiger partial charge on any atom is 0.407 e. The molecule has 10 heteroatoms. The van der Waals surface area contributed by atoms with Crippen LogP contribution in [0.5, 0.6) is 11.5 Å². The number of nitrogens with zero attached hydrogens (tertiary/aromatic N) is 2. The largest absolute Gasteiger partial charge is 0.494 e. The summed E-state index contributed by atoms with van der Waals surface area (Å²) in [5.74, 6) is 0.863. The first-order valence-electron chi connectivity index (χ1n) is 9.32. The van der Waals surface area contributed by atoms with Crippen molar-refractivity contribution >= 4 is 18.2 Å². The van der Waals surface area contributed by atoms with Crippen LogP contribution in [0.25, 0.3) is 0 Å². The second-order valence-corrected chi connectivity index (χ2v) is 6.98. The van der Waals surface area contributed by atoms with Gasteiger partial charge in [0.25, 0.3) is 0 Å². The number of ether oxygens (including phenoxy) is 3. The molecule has 2 heterocycles. The van der Waals surface area contributed by atoms with E-state index in [0.29, 0.717) is 24.5 Å². The van der Waals surface area contributed by atoms with E-state index in [1.807, 2.05) is 6.07 Å². The number of piperazine rings is 1. The molecule has 1 saturated heterocycles. The van der Waals surface area contributed by atoms with Gasteiger partial charge in [0.1, 0.15) is 11.5 Å². The molecule has 2 aliphatic rings. The third-order valence-corrected chi connectivity index (χ3v) is 5.22. The first kappa shape index (κ1) is 20.6. The second kappa shape index (κ2) is 8.89. The number of methoxy groups -OCH3 is 1. The predicted octanol–water partition coefficient (Wildman–Crippen LogP) is 1.84. The van der Waals surface area contributed by atoms with Gasteiger partial charge in [0.15, 0.2) is 0 Å².